The monoisotopic (exact) mass is 299 g/mol. The third kappa shape index (κ3) is 2.06. The molecule has 0 aromatic heterocycles. The van der Waals surface area contributed by atoms with Crippen LogP contribution in [0.5, 0.6) is 0 Å². The first-order chi connectivity index (χ1) is 6.20. The minimum Gasteiger partial charge on any atom is -0.312 e. The molecule has 0 saturated heterocycles. The Bertz CT molecular complexity index is 357. The van der Waals surface area contributed by atoms with Gasteiger partial charge in [-0.1, -0.05) is 11.6 Å². The van der Waals surface area contributed by atoms with Gasteiger partial charge < -0.3 is 5.32 Å². The number of benzene rings is 1. The topological polar surface area (TPSA) is 12.0 Å². The molecule has 78 valence electrons. The van der Waals surface area contributed by atoms with Crippen LogP contribution in [0.1, 0.15) is 11.1 Å². The van der Waals surface area contributed by atoms with Crippen molar-refractivity contribution in [3.63, 3.8) is 0 Å². The maximum Gasteiger partial charge on any atom is 0.129 e. The molecule has 0 saturated carbocycles. The lowest BCUT2D eigenvalue weighted by Crippen LogP contribution is -2.25. The van der Waals surface area contributed by atoms with Crippen molar-refractivity contribution >= 4 is 39.9 Å². The predicted octanol–water partition coefficient (Wildman–Crippen LogP) is 3.31. The van der Waals surface area contributed by atoms with E-state index in [9.17, 15) is 4.39 Å². The van der Waals surface area contributed by atoms with Crippen LogP contribution in [0.3, 0.4) is 0 Å². The van der Waals surface area contributed by atoms with Crippen LogP contribution in [0.4, 0.5) is 4.39 Å². The highest BCUT2D eigenvalue weighted by Crippen LogP contribution is 2.32. The lowest BCUT2D eigenvalue weighted by Gasteiger charge is -2.19. The molecule has 5 heteroatoms. The Kier molecular flexibility index (Phi) is 4.19. The van der Waals surface area contributed by atoms with Crippen LogP contribution in [0, 0.1) is 5.82 Å². The number of hydrogen-bond acceptors (Lipinski definition) is 1. The van der Waals surface area contributed by atoms with Gasteiger partial charge in [-0.15, -0.1) is 12.4 Å². The van der Waals surface area contributed by atoms with Gasteiger partial charge in [-0.05, 0) is 40.5 Å². The zero-order chi connectivity index (χ0) is 9.42. The highest BCUT2D eigenvalue weighted by atomic mass is 79.9. The van der Waals surface area contributed by atoms with Gasteiger partial charge in [0.05, 0.1) is 5.02 Å². The summed E-state index contributed by atoms with van der Waals surface area (Å²) in [6, 6.07) is 1.42. The van der Waals surface area contributed by atoms with Gasteiger partial charge in [0.2, 0.25) is 0 Å². The van der Waals surface area contributed by atoms with E-state index in [-0.39, 0.29) is 18.2 Å². The number of nitrogens with one attached hydrogen (secondary N) is 1. The first-order valence-electron chi connectivity index (χ1n) is 4.06. The molecule has 0 spiro atoms. The summed E-state index contributed by atoms with van der Waals surface area (Å²) in [5.41, 5.74) is 1.65. The largest absolute Gasteiger partial charge is 0.312 e. The lowest BCUT2D eigenvalue weighted by molar-refractivity contribution is 0.562. The molecule has 1 aromatic carbocycles. The second kappa shape index (κ2) is 4.79. The minimum absolute atomic E-state index is 0. The first kappa shape index (κ1) is 12.2. The number of hydrogen-bond donors (Lipinski definition) is 1. The van der Waals surface area contributed by atoms with Gasteiger partial charge in [-0.3, -0.25) is 0 Å². The Labute approximate surface area is 102 Å². The lowest BCUT2D eigenvalue weighted by atomic mass is 10.0. The Morgan fingerprint density at radius 1 is 1.43 bits per heavy atom. The van der Waals surface area contributed by atoms with Crippen LogP contribution < -0.4 is 5.32 Å². The van der Waals surface area contributed by atoms with Gasteiger partial charge in [0.25, 0.3) is 0 Å². The van der Waals surface area contributed by atoms with E-state index in [1.54, 1.807) is 0 Å². The van der Waals surface area contributed by atoms with Crippen LogP contribution in [-0.2, 0) is 13.0 Å². The molecule has 1 heterocycles. The van der Waals surface area contributed by atoms with Gasteiger partial charge in [0.15, 0.2) is 0 Å². The molecule has 0 amide bonds. The van der Waals surface area contributed by atoms with Gasteiger partial charge in [-0.25, -0.2) is 4.39 Å². The molecule has 1 N–H and O–H groups in total. The van der Waals surface area contributed by atoms with E-state index < -0.39 is 0 Å². The van der Waals surface area contributed by atoms with Crippen molar-refractivity contribution < 1.29 is 4.39 Å². The average Bonchev–Trinajstić information content (AvgIpc) is 2.15. The molecule has 1 aromatic rings. The maximum atomic E-state index is 13.4. The minimum atomic E-state index is -0.182. The molecule has 1 nitrogen and oxygen atoms in total. The van der Waals surface area contributed by atoms with Gasteiger partial charge in [0.1, 0.15) is 5.82 Å². The standard InChI is InChI=1S/C9H8BrClFN.ClH/c10-7-3-8(12)6-4-13-2-1-5(6)9(7)11;/h3,13H,1-2,4H2;1H. The van der Waals surface area contributed by atoms with E-state index in [0.29, 0.717) is 21.6 Å². The van der Waals surface area contributed by atoms with Crippen molar-refractivity contribution in [1.82, 2.24) is 5.32 Å². The van der Waals surface area contributed by atoms with Crippen LogP contribution in [0.15, 0.2) is 10.5 Å². The van der Waals surface area contributed by atoms with Crippen molar-refractivity contribution in [1.29, 1.82) is 0 Å². The van der Waals surface area contributed by atoms with E-state index >= 15 is 0 Å². The quantitative estimate of drug-likeness (QED) is 0.725. The van der Waals surface area contributed by atoms with E-state index in [2.05, 4.69) is 21.2 Å². The average molecular weight is 301 g/mol. The number of halogens is 4. The summed E-state index contributed by atoms with van der Waals surface area (Å²) in [4.78, 5) is 0. The summed E-state index contributed by atoms with van der Waals surface area (Å²) in [6.45, 7) is 1.44. The maximum absolute atomic E-state index is 13.4. The number of fused-ring (bicyclic) bond motifs is 1. The molecule has 0 radical (unpaired) electrons. The van der Waals surface area contributed by atoms with Crippen molar-refractivity contribution in [2.75, 3.05) is 6.54 Å². The molecule has 0 aliphatic carbocycles. The zero-order valence-electron chi connectivity index (χ0n) is 7.24. The molecule has 0 unspecified atom stereocenters. The Hall–Kier alpha value is 0.170. The van der Waals surface area contributed by atoms with Crippen LogP contribution >= 0.6 is 39.9 Å². The summed E-state index contributed by atoms with van der Waals surface area (Å²) in [7, 11) is 0. The second-order valence-electron chi connectivity index (χ2n) is 3.04. The van der Waals surface area contributed by atoms with Gasteiger partial charge in [0, 0.05) is 16.6 Å². The fourth-order valence-electron chi connectivity index (χ4n) is 1.56. The van der Waals surface area contributed by atoms with E-state index in [4.69, 9.17) is 11.6 Å². The van der Waals surface area contributed by atoms with Crippen LogP contribution in [-0.4, -0.2) is 6.54 Å². The SMILES string of the molecule is Cl.Fc1cc(Br)c(Cl)c2c1CNCC2. The fraction of sp³-hybridized carbons (Fsp3) is 0.333. The molecule has 0 fully saturated rings. The molecular formula is C9H9BrCl2FN. The summed E-state index contributed by atoms with van der Waals surface area (Å²) >= 11 is 9.27. The third-order valence-electron chi connectivity index (χ3n) is 2.23. The van der Waals surface area contributed by atoms with Crippen LogP contribution in [0.2, 0.25) is 5.02 Å². The Morgan fingerprint density at radius 3 is 2.86 bits per heavy atom. The summed E-state index contributed by atoms with van der Waals surface area (Å²) < 4.78 is 14.0. The smallest absolute Gasteiger partial charge is 0.129 e. The number of rotatable bonds is 0. The zero-order valence-corrected chi connectivity index (χ0v) is 10.4. The molecule has 1 aliphatic heterocycles. The van der Waals surface area contributed by atoms with Crippen molar-refractivity contribution in [2.24, 2.45) is 0 Å². The van der Waals surface area contributed by atoms with Crippen LogP contribution in [0.25, 0.3) is 0 Å². The fourth-order valence-corrected chi connectivity index (χ4v) is 2.26. The second-order valence-corrected chi connectivity index (χ2v) is 4.27. The highest BCUT2D eigenvalue weighted by Gasteiger charge is 2.18. The van der Waals surface area contributed by atoms with E-state index in [0.717, 1.165) is 18.5 Å². The summed E-state index contributed by atoms with van der Waals surface area (Å²) in [5.74, 6) is -0.182. The Balaban J connectivity index is 0.000000980. The summed E-state index contributed by atoms with van der Waals surface area (Å²) in [6.07, 6.45) is 0.796. The Morgan fingerprint density at radius 2 is 2.14 bits per heavy atom. The van der Waals surface area contributed by atoms with Crippen molar-refractivity contribution in [2.45, 2.75) is 13.0 Å². The van der Waals surface area contributed by atoms with Gasteiger partial charge in [-0.2, -0.15) is 0 Å². The third-order valence-corrected chi connectivity index (χ3v) is 3.52. The molecular weight excluding hydrogens is 292 g/mol. The highest BCUT2D eigenvalue weighted by molar-refractivity contribution is 9.10. The predicted molar refractivity (Wildman–Crippen MR) is 61.8 cm³/mol. The molecule has 1 aliphatic rings. The van der Waals surface area contributed by atoms with Crippen molar-refractivity contribution in [3.05, 3.63) is 32.5 Å². The molecule has 0 bridgehead atoms. The normalized spacial score (nSPS) is 14.5. The van der Waals surface area contributed by atoms with Gasteiger partial charge >= 0.3 is 0 Å². The molecule has 2 rings (SSSR count). The first-order valence-corrected chi connectivity index (χ1v) is 5.23. The summed E-state index contributed by atoms with van der Waals surface area (Å²) in [5, 5.41) is 3.77. The van der Waals surface area contributed by atoms with E-state index in [1.165, 1.54) is 6.07 Å². The molecule has 0 atom stereocenters. The van der Waals surface area contributed by atoms with Crippen molar-refractivity contribution in [3.8, 4) is 0 Å². The molecule has 14 heavy (non-hydrogen) atoms. The van der Waals surface area contributed by atoms with E-state index in [1.807, 2.05) is 0 Å².